The van der Waals surface area contributed by atoms with Gasteiger partial charge in [0.1, 0.15) is 0 Å². The molecular weight excluding hydrogens is 308 g/mol. The van der Waals surface area contributed by atoms with Gasteiger partial charge in [-0.05, 0) is 62.2 Å². The van der Waals surface area contributed by atoms with E-state index < -0.39 is 0 Å². The van der Waals surface area contributed by atoms with Crippen LogP contribution in [0.1, 0.15) is 36.8 Å². The van der Waals surface area contributed by atoms with E-state index in [0.717, 1.165) is 15.3 Å². The molecule has 2 N–H and O–H groups in total. The Hall–Kier alpha value is -0.610. The minimum Gasteiger partial charge on any atom is -0.360 e. The van der Waals surface area contributed by atoms with E-state index in [1.54, 1.807) is 0 Å². The van der Waals surface area contributed by atoms with Gasteiger partial charge in [-0.1, -0.05) is 28.8 Å². The average Bonchev–Trinajstić information content (AvgIpc) is 2.76. The summed E-state index contributed by atoms with van der Waals surface area (Å²) in [6, 6.07) is 4.77. The first-order chi connectivity index (χ1) is 8.56. The van der Waals surface area contributed by atoms with Gasteiger partial charge in [-0.3, -0.25) is 0 Å². The predicted octanol–water partition coefficient (Wildman–Crippen LogP) is 4.29. The molecule has 1 aliphatic rings. The van der Waals surface area contributed by atoms with Crippen molar-refractivity contribution in [1.82, 2.24) is 5.32 Å². The summed E-state index contributed by atoms with van der Waals surface area (Å²) >= 11 is 8.90. The smallest absolute Gasteiger partial charge is 0.171 e. The fourth-order valence-corrected chi connectivity index (χ4v) is 3.47. The Morgan fingerprint density at radius 3 is 2.33 bits per heavy atom. The molecule has 0 atom stereocenters. The second-order valence-corrected chi connectivity index (χ2v) is 6.32. The first kappa shape index (κ1) is 13.8. The number of anilines is 1. The van der Waals surface area contributed by atoms with Crippen LogP contribution >= 0.6 is 28.1 Å². The Kier molecular flexibility index (Phi) is 4.62. The molecule has 0 amide bonds. The van der Waals surface area contributed by atoms with Gasteiger partial charge in [0.15, 0.2) is 5.11 Å². The summed E-state index contributed by atoms with van der Waals surface area (Å²) in [6.07, 6.45) is 5.10. The lowest BCUT2D eigenvalue weighted by atomic mass is 10.1. The largest absolute Gasteiger partial charge is 0.360 e. The van der Waals surface area contributed by atoms with Crippen LogP contribution in [0.4, 0.5) is 5.69 Å². The number of hydrogen-bond donors (Lipinski definition) is 2. The zero-order valence-electron chi connectivity index (χ0n) is 10.8. The van der Waals surface area contributed by atoms with Crippen molar-refractivity contribution < 1.29 is 0 Å². The van der Waals surface area contributed by atoms with E-state index in [0.29, 0.717) is 6.04 Å². The SMILES string of the molecule is Cc1cc(Br)cc(C)c1NC(=S)NC1CCCC1. The van der Waals surface area contributed by atoms with Crippen molar-refractivity contribution in [3.8, 4) is 0 Å². The van der Waals surface area contributed by atoms with Gasteiger partial charge in [-0.2, -0.15) is 0 Å². The highest BCUT2D eigenvalue weighted by molar-refractivity contribution is 9.10. The molecule has 2 rings (SSSR count). The summed E-state index contributed by atoms with van der Waals surface area (Å²) < 4.78 is 1.11. The van der Waals surface area contributed by atoms with E-state index in [2.05, 4.69) is 52.5 Å². The topological polar surface area (TPSA) is 24.1 Å². The van der Waals surface area contributed by atoms with Gasteiger partial charge in [-0.15, -0.1) is 0 Å². The molecule has 0 heterocycles. The van der Waals surface area contributed by atoms with Gasteiger partial charge < -0.3 is 10.6 Å². The highest BCUT2D eigenvalue weighted by Crippen LogP contribution is 2.25. The summed E-state index contributed by atoms with van der Waals surface area (Å²) in [5.41, 5.74) is 3.53. The van der Waals surface area contributed by atoms with Crippen LogP contribution in [-0.4, -0.2) is 11.2 Å². The highest BCUT2D eigenvalue weighted by atomic mass is 79.9. The number of nitrogens with one attached hydrogen (secondary N) is 2. The molecule has 0 radical (unpaired) electrons. The predicted molar refractivity (Wildman–Crippen MR) is 85.2 cm³/mol. The van der Waals surface area contributed by atoms with Crippen molar-refractivity contribution in [1.29, 1.82) is 0 Å². The minimum atomic E-state index is 0.557. The van der Waals surface area contributed by atoms with Crippen molar-refractivity contribution >= 4 is 38.9 Å². The van der Waals surface area contributed by atoms with Crippen LogP contribution < -0.4 is 10.6 Å². The molecule has 4 heteroatoms. The third kappa shape index (κ3) is 3.45. The number of hydrogen-bond acceptors (Lipinski definition) is 1. The quantitative estimate of drug-likeness (QED) is 0.792. The second-order valence-electron chi connectivity index (χ2n) is 4.99. The third-order valence-electron chi connectivity index (χ3n) is 3.43. The van der Waals surface area contributed by atoms with Gasteiger partial charge in [0, 0.05) is 16.2 Å². The fourth-order valence-electron chi connectivity index (χ4n) is 2.51. The lowest BCUT2D eigenvalue weighted by molar-refractivity contribution is 0.634. The molecule has 98 valence electrons. The van der Waals surface area contributed by atoms with Crippen LogP contribution in [0.5, 0.6) is 0 Å². The maximum Gasteiger partial charge on any atom is 0.171 e. The first-order valence-corrected chi connectivity index (χ1v) is 7.60. The molecule has 1 aliphatic carbocycles. The molecule has 0 saturated heterocycles. The monoisotopic (exact) mass is 326 g/mol. The van der Waals surface area contributed by atoms with E-state index >= 15 is 0 Å². The first-order valence-electron chi connectivity index (χ1n) is 6.40. The van der Waals surface area contributed by atoms with E-state index in [9.17, 15) is 0 Å². The molecule has 0 unspecified atom stereocenters. The Balaban J connectivity index is 2.02. The van der Waals surface area contributed by atoms with Crippen LogP contribution in [0, 0.1) is 13.8 Å². The lowest BCUT2D eigenvalue weighted by Gasteiger charge is -2.18. The average molecular weight is 327 g/mol. The van der Waals surface area contributed by atoms with Gasteiger partial charge in [0.05, 0.1) is 0 Å². The van der Waals surface area contributed by atoms with Gasteiger partial charge in [0.2, 0.25) is 0 Å². The van der Waals surface area contributed by atoms with Crippen LogP contribution in [0.25, 0.3) is 0 Å². The number of aryl methyl sites for hydroxylation is 2. The second kappa shape index (κ2) is 6.02. The normalized spacial score (nSPS) is 15.7. The molecule has 0 aromatic heterocycles. The van der Waals surface area contributed by atoms with Crippen LogP contribution in [0.3, 0.4) is 0 Å². The van der Waals surface area contributed by atoms with Crippen molar-refractivity contribution in [2.45, 2.75) is 45.6 Å². The standard InChI is InChI=1S/C14H19BrN2S/c1-9-7-11(15)8-10(2)13(9)17-14(18)16-12-5-3-4-6-12/h7-8,12H,3-6H2,1-2H3,(H2,16,17,18). The van der Waals surface area contributed by atoms with E-state index in [1.807, 2.05) is 0 Å². The Morgan fingerprint density at radius 1 is 1.22 bits per heavy atom. The zero-order valence-corrected chi connectivity index (χ0v) is 13.2. The van der Waals surface area contributed by atoms with Crippen molar-refractivity contribution in [3.63, 3.8) is 0 Å². The van der Waals surface area contributed by atoms with Crippen molar-refractivity contribution in [3.05, 3.63) is 27.7 Å². The molecule has 0 spiro atoms. The molecule has 0 bridgehead atoms. The van der Waals surface area contributed by atoms with Gasteiger partial charge in [-0.25, -0.2) is 0 Å². The summed E-state index contributed by atoms with van der Waals surface area (Å²) in [6.45, 7) is 4.19. The number of rotatable bonds is 2. The summed E-state index contributed by atoms with van der Waals surface area (Å²) in [7, 11) is 0. The lowest BCUT2D eigenvalue weighted by Crippen LogP contribution is -2.36. The van der Waals surface area contributed by atoms with E-state index in [-0.39, 0.29) is 0 Å². The summed E-state index contributed by atoms with van der Waals surface area (Å²) in [5.74, 6) is 0. The molecule has 18 heavy (non-hydrogen) atoms. The Labute approximate surface area is 123 Å². The highest BCUT2D eigenvalue weighted by Gasteiger charge is 2.16. The van der Waals surface area contributed by atoms with Crippen LogP contribution in [0.15, 0.2) is 16.6 Å². The summed E-state index contributed by atoms with van der Waals surface area (Å²) in [4.78, 5) is 0. The fraction of sp³-hybridized carbons (Fsp3) is 0.500. The summed E-state index contributed by atoms with van der Waals surface area (Å²) in [5, 5.41) is 7.48. The van der Waals surface area contributed by atoms with E-state index in [1.165, 1.54) is 36.8 Å². The van der Waals surface area contributed by atoms with E-state index in [4.69, 9.17) is 12.2 Å². The molecule has 2 nitrogen and oxygen atoms in total. The number of thiocarbonyl (C=S) groups is 1. The van der Waals surface area contributed by atoms with Gasteiger partial charge >= 0.3 is 0 Å². The molecule has 1 saturated carbocycles. The Morgan fingerprint density at radius 2 is 1.78 bits per heavy atom. The maximum atomic E-state index is 5.39. The molecule has 1 aromatic carbocycles. The third-order valence-corrected chi connectivity index (χ3v) is 4.10. The van der Waals surface area contributed by atoms with Crippen molar-refractivity contribution in [2.24, 2.45) is 0 Å². The number of benzene rings is 1. The molecule has 1 fully saturated rings. The molecule has 1 aromatic rings. The van der Waals surface area contributed by atoms with Crippen LogP contribution in [-0.2, 0) is 0 Å². The maximum absolute atomic E-state index is 5.39. The zero-order chi connectivity index (χ0) is 13.1. The van der Waals surface area contributed by atoms with Gasteiger partial charge in [0.25, 0.3) is 0 Å². The minimum absolute atomic E-state index is 0.557. The molecular formula is C14H19BrN2S. The Bertz CT molecular complexity index is 430. The number of halogens is 1. The van der Waals surface area contributed by atoms with Crippen molar-refractivity contribution in [2.75, 3.05) is 5.32 Å². The van der Waals surface area contributed by atoms with Crippen LogP contribution in [0.2, 0.25) is 0 Å². The molecule has 0 aliphatic heterocycles.